The monoisotopic (exact) mass is 236 g/mol. The third-order valence-corrected chi connectivity index (χ3v) is 3.07. The number of hydrogen-bond donors (Lipinski definition) is 0. The Bertz CT molecular complexity index is 481. The smallest absolute Gasteiger partial charge is 0.410 e. The van der Waals surface area contributed by atoms with Crippen molar-refractivity contribution in [2.45, 2.75) is 26.4 Å². The summed E-state index contributed by atoms with van der Waals surface area (Å²) in [4.78, 5) is 25.2. The highest BCUT2D eigenvalue weighted by atomic mass is 16.6. The minimum Gasteiger partial charge on any atom is -0.447 e. The van der Waals surface area contributed by atoms with Crippen LogP contribution in [-0.2, 0) is 11.3 Å². The minimum absolute atomic E-state index is 0.0447. The minimum atomic E-state index is -0.344. The Morgan fingerprint density at radius 2 is 2.12 bits per heavy atom. The van der Waals surface area contributed by atoms with Gasteiger partial charge in [0.2, 0.25) is 0 Å². The van der Waals surface area contributed by atoms with Gasteiger partial charge in [0.25, 0.3) is 5.56 Å². The molecule has 0 N–H and O–H groups in total. The number of carbonyl (C=O) groups excluding carboxylic acids is 1. The lowest BCUT2D eigenvalue weighted by atomic mass is 10.1. The highest BCUT2D eigenvalue weighted by Crippen LogP contribution is 2.24. The van der Waals surface area contributed by atoms with Crippen LogP contribution >= 0.6 is 0 Å². The van der Waals surface area contributed by atoms with Crippen molar-refractivity contribution in [3.05, 3.63) is 34.2 Å². The first kappa shape index (κ1) is 11.7. The van der Waals surface area contributed by atoms with Crippen molar-refractivity contribution in [2.24, 2.45) is 0 Å². The Labute approximate surface area is 99.6 Å². The Kier molecular flexibility index (Phi) is 3.17. The SMILES string of the molecule is CCN1C(=O)OCC1c1cccn(CC)c1=O. The molecule has 0 saturated carbocycles. The topological polar surface area (TPSA) is 51.5 Å². The van der Waals surface area contributed by atoms with Crippen LogP contribution in [0.1, 0.15) is 25.5 Å². The third-order valence-electron chi connectivity index (χ3n) is 3.07. The van der Waals surface area contributed by atoms with Gasteiger partial charge >= 0.3 is 6.09 Å². The second-order valence-electron chi connectivity index (χ2n) is 3.93. The molecule has 1 aliphatic rings. The summed E-state index contributed by atoms with van der Waals surface area (Å²) in [7, 11) is 0. The number of pyridine rings is 1. The van der Waals surface area contributed by atoms with Gasteiger partial charge in [0.15, 0.2) is 0 Å². The second-order valence-corrected chi connectivity index (χ2v) is 3.93. The molecule has 1 aliphatic heterocycles. The number of aryl methyl sites for hydroxylation is 1. The second kappa shape index (κ2) is 4.61. The number of cyclic esters (lactones) is 1. The summed E-state index contributed by atoms with van der Waals surface area (Å²) in [5.41, 5.74) is 0.582. The van der Waals surface area contributed by atoms with Crippen LogP contribution in [0.5, 0.6) is 0 Å². The van der Waals surface area contributed by atoms with Crippen LogP contribution in [0.3, 0.4) is 0 Å². The van der Waals surface area contributed by atoms with E-state index in [-0.39, 0.29) is 24.3 Å². The fourth-order valence-electron chi connectivity index (χ4n) is 2.12. The number of carbonyl (C=O) groups is 1. The molecule has 1 fully saturated rings. The van der Waals surface area contributed by atoms with E-state index in [9.17, 15) is 9.59 Å². The van der Waals surface area contributed by atoms with E-state index in [0.29, 0.717) is 18.7 Å². The van der Waals surface area contributed by atoms with E-state index < -0.39 is 0 Å². The molecule has 2 heterocycles. The first-order chi connectivity index (χ1) is 8.19. The van der Waals surface area contributed by atoms with Gasteiger partial charge in [-0.2, -0.15) is 0 Å². The zero-order valence-corrected chi connectivity index (χ0v) is 10.0. The summed E-state index contributed by atoms with van der Waals surface area (Å²) >= 11 is 0. The molecule has 2 rings (SSSR count). The van der Waals surface area contributed by atoms with Crippen LogP contribution in [-0.4, -0.2) is 28.7 Å². The molecule has 0 spiro atoms. The predicted molar refractivity (Wildman–Crippen MR) is 62.8 cm³/mol. The number of likely N-dealkylation sites (N-methyl/N-ethyl adjacent to an activating group) is 1. The zero-order valence-electron chi connectivity index (χ0n) is 10.0. The van der Waals surface area contributed by atoms with Crippen molar-refractivity contribution >= 4 is 6.09 Å². The van der Waals surface area contributed by atoms with Gasteiger partial charge in [-0.25, -0.2) is 4.79 Å². The normalized spacial score (nSPS) is 19.5. The Balaban J connectivity index is 2.41. The lowest BCUT2D eigenvalue weighted by molar-refractivity contribution is 0.159. The van der Waals surface area contributed by atoms with Crippen LogP contribution < -0.4 is 5.56 Å². The fraction of sp³-hybridized carbons (Fsp3) is 0.500. The Morgan fingerprint density at radius 3 is 2.76 bits per heavy atom. The van der Waals surface area contributed by atoms with E-state index in [0.717, 1.165) is 0 Å². The van der Waals surface area contributed by atoms with Crippen LogP contribution in [0.15, 0.2) is 23.1 Å². The molecule has 5 heteroatoms. The van der Waals surface area contributed by atoms with E-state index >= 15 is 0 Å². The highest BCUT2D eigenvalue weighted by molar-refractivity contribution is 5.70. The van der Waals surface area contributed by atoms with Crippen LogP contribution in [0.2, 0.25) is 0 Å². The van der Waals surface area contributed by atoms with Gasteiger partial charge in [-0.05, 0) is 26.0 Å². The van der Waals surface area contributed by atoms with Gasteiger partial charge in [0.05, 0.1) is 6.04 Å². The molecule has 1 aromatic rings. The average molecular weight is 236 g/mol. The van der Waals surface area contributed by atoms with Crippen molar-refractivity contribution in [2.75, 3.05) is 13.2 Å². The van der Waals surface area contributed by atoms with Crippen LogP contribution in [0.4, 0.5) is 4.79 Å². The van der Waals surface area contributed by atoms with Gasteiger partial charge in [-0.1, -0.05) is 0 Å². The molecule has 5 nitrogen and oxygen atoms in total. The van der Waals surface area contributed by atoms with Gasteiger partial charge in [-0.3, -0.25) is 9.69 Å². The summed E-state index contributed by atoms with van der Waals surface area (Å²) in [5.74, 6) is 0. The molecule has 1 saturated heterocycles. The molecule has 0 radical (unpaired) electrons. The van der Waals surface area contributed by atoms with Gasteiger partial charge in [0.1, 0.15) is 6.61 Å². The van der Waals surface area contributed by atoms with Crippen molar-refractivity contribution in [3.8, 4) is 0 Å². The number of hydrogen-bond acceptors (Lipinski definition) is 3. The van der Waals surface area contributed by atoms with Gasteiger partial charge in [-0.15, -0.1) is 0 Å². The molecule has 0 aromatic carbocycles. The molecule has 1 amide bonds. The molecule has 0 aliphatic carbocycles. The fourth-order valence-corrected chi connectivity index (χ4v) is 2.12. The van der Waals surface area contributed by atoms with Crippen molar-refractivity contribution in [1.29, 1.82) is 0 Å². The largest absolute Gasteiger partial charge is 0.447 e. The number of nitrogens with zero attached hydrogens (tertiary/aromatic N) is 2. The van der Waals surface area contributed by atoms with Crippen LogP contribution in [0.25, 0.3) is 0 Å². The maximum Gasteiger partial charge on any atom is 0.410 e. The number of aromatic nitrogens is 1. The summed E-state index contributed by atoms with van der Waals surface area (Å²) < 4.78 is 6.62. The molecular formula is C12H16N2O3. The molecule has 92 valence electrons. The third kappa shape index (κ3) is 1.92. The van der Waals surface area contributed by atoms with Gasteiger partial charge < -0.3 is 9.30 Å². The van der Waals surface area contributed by atoms with Crippen molar-refractivity contribution < 1.29 is 9.53 Å². The lowest BCUT2D eigenvalue weighted by Crippen LogP contribution is -2.33. The van der Waals surface area contributed by atoms with Crippen molar-refractivity contribution in [1.82, 2.24) is 9.47 Å². The lowest BCUT2D eigenvalue weighted by Gasteiger charge is -2.19. The Morgan fingerprint density at radius 1 is 1.35 bits per heavy atom. The quantitative estimate of drug-likeness (QED) is 0.796. The molecular weight excluding hydrogens is 220 g/mol. The number of ether oxygens (including phenoxy) is 1. The zero-order chi connectivity index (χ0) is 12.4. The number of rotatable bonds is 3. The van der Waals surface area contributed by atoms with E-state index in [1.165, 1.54) is 0 Å². The van der Waals surface area contributed by atoms with Crippen LogP contribution in [0, 0.1) is 0 Å². The summed E-state index contributed by atoms with van der Waals surface area (Å²) in [6.07, 6.45) is 1.41. The maximum absolute atomic E-state index is 12.1. The van der Waals surface area contributed by atoms with E-state index in [1.807, 2.05) is 19.9 Å². The van der Waals surface area contributed by atoms with E-state index in [2.05, 4.69) is 0 Å². The molecule has 1 unspecified atom stereocenters. The summed E-state index contributed by atoms with van der Waals surface area (Å²) in [6, 6.07) is 3.35. The molecule has 17 heavy (non-hydrogen) atoms. The van der Waals surface area contributed by atoms with Gasteiger partial charge in [0, 0.05) is 24.8 Å². The predicted octanol–water partition coefficient (Wildman–Crippen LogP) is 1.38. The van der Waals surface area contributed by atoms with Crippen molar-refractivity contribution in [3.63, 3.8) is 0 Å². The molecule has 0 bridgehead atoms. The summed E-state index contributed by atoms with van der Waals surface area (Å²) in [6.45, 7) is 5.22. The molecule has 1 aromatic heterocycles. The molecule has 1 atom stereocenters. The number of amides is 1. The summed E-state index contributed by atoms with van der Waals surface area (Å²) in [5, 5.41) is 0. The Hall–Kier alpha value is -1.78. The first-order valence-corrected chi connectivity index (χ1v) is 5.81. The maximum atomic E-state index is 12.1. The van der Waals surface area contributed by atoms with E-state index in [4.69, 9.17) is 4.74 Å². The first-order valence-electron chi connectivity index (χ1n) is 5.81. The van der Waals surface area contributed by atoms with E-state index in [1.54, 1.807) is 21.7 Å². The highest BCUT2D eigenvalue weighted by Gasteiger charge is 2.34. The standard InChI is InChI=1S/C12H16N2O3/c1-3-13-7-5-6-9(11(13)15)10-8-17-12(16)14(10)4-2/h5-7,10H,3-4,8H2,1-2H3. The average Bonchev–Trinajstić information content (AvgIpc) is 2.70.